The van der Waals surface area contributed by atoms with Gasteiger partial charge in [-0.25, -0.2) is 12.8 Å². The Bertz CT molecular complexity index is 1730. The minimum Gasteiger partial charge on any atom is -0.496 e. The second-order valence-corrected chi connectivity index (χ2v) is 14.0. The number of anilines is 1. The molecule has 2 saturated carbocycles. The Kier molecular flexibility index (Phi) is 9.46. The number of nitrogens with zero attached hydrogens (tertiary/aromatic N) is 1. The van der Waals surface area contributed by atoms with Crippen LogP contribution in [0.3, 0.4) is 0 Å². The first-order valence-corrected chi connectivity index (χ1v) is 16.3. The maximum Gasteiger partial charge on any atom is 0.501 e. The number of carbonyl (C=O) groups is 2. The molecule has 46 heavy (non-hydrogen) atoms. The molecule has 2 N–H and O–H groups in total. The Hall–Kier alpha value is -3.97. The molecule has 0 aliphatic heterocycles. The lowest BCUT2D eigenvalue weighted by Crippen LogP contribution is -2.48. The molecule has 3 aromatic rings. The number of methoxy groups -OCH3 is 1. The minimum absolute atomic E-state index is 0.0215. The molecule has 3 aromatic carbocycles. The number of rotatable bonds is 10. The summed E-state index contributed by atoms with van der Waals surface area (Å²) in [6, 6.07) is 13.4. The Morgan fingerprint density at radius 1 is 1.00 bits per heavy atom. The fourth-order valence-electron chi connectivity index (χ4n) is 6.53. The van der Waals surface area contributed by atoms with E-state index in [0.717, 1.165) is 55.6 Å². The zero-order chi connectivity index (χ0) is 33.4. The van der Waals surface area contributed by atoms with Gasteiger partial charge in [0.05, 0.1) is 23.5 Å². The van der Waals surface area contributed by atoms with Gasteiger partial charge >= 0.3 is 5.51 Å². The van der Waals surface area contributed by atoms with Crippen molar-refractivity contribution in [3.63, 3.8) is 0 Å². The van der Waals surface area contributed by atoms with Crippen molar-refractivity contribution in [2.45, 2.75) is 42.1 Å². The number of hydrogen-bond acceptors (Lipinski definition) is 6. The van der Waals surface area contributed by atoms with Crippen molar-refractivity contribution in [2.24, 2.45) is 17.8 Å². The average molecular weight is 662 g/mol. The van der Waals surface area contributed by atoms with E-state index in [1.807, 2.05) is 26.2 Å². The smallest absolute Gasteiger partial charge is 0.496 e. The Labute approximate surface area is 265 Å². The van der Waals surface area contributed by atoms with Gasteiger partial charge in [-0.2, -0.15) is 13.2 Å². The molecule has 2 amide bonds. The third-order valence-electron chi connectivity index (χ3n) is 8.88. The summed E-state index contributed by atoms with van der Waals surface area (Å²) in [5.74, 6) is -2.48. The lowest BCUT2D eigenvalue weighted by atomic mass is 9.83. The number of benzene rings is 3. The molecule has 2 aliphatic carbocycles. The SMILES string of the molecule is COc1cc(F)c(-c2ccc(CCN(C)C)cc2)cc1C(=O)N[C@@H]1[C@H]2CC[C@H](C2)[C@@H]1C(=O)Nc1cccc(S(=O)(=O)C(F)(F)F)c1. The van der Waals surface area contributed by atoms with Gasteiger partial charge in [-0.1, -0.05) is 30.3 Å². The highest BCUT2D eigenvalue weighted by molar-refractivity contribution is 7.92. The fraction of sp³-hybridized carbons (Fsp3) is 0.394. The number of likely N-dealkylation sites (N-methyl/N-ethyl adjacent to an activating group) is 1. The second kappa shape index (κ2) is 13.0. The van der Waals surface area contributed by atoms with Crippen LogP contribution in [-0.4, -0.2) is 64.4 Å². The maximum absolute atomic E-state index is 15.2. The molecule has 0 saturated heterocycles. The molecule has 2 fully saturated rings. The first-order valence-electron chi connectivity index (χ1n) is 14.8. The van der Waals surface area contributed by atoms with E-state index in [9.17, 15) is 31.2 Å². The number of ether oxygens (including phenoxy) is 1. The molecule has 2 bridgehead atoms. The molecule has 0 heterocycles. The summed E-state index contributed by atoms with van der Waals surface area (Å²) in [4.78, 5) is 28.3. The first kappa shape index (κ1) is 33.4. The van der Waals surface area contributed by atoms with Crippen molar-refractivity contribution in [3.8, 4) is 16.9 Å². The van der Waals surface area contributed by atoms with Crippen LogP contribution in [0.1, 0.15) is 35.2 Å². The third kappa shape index (κ3) is 6.75. The van der Waals surface area contributed by atoms with E-state index in [2.05, 4.69) is 15.5 Å². The van der Waals surface area contributed by atoms with Gasteiger partial charge in [0.1, 0.15) is 11.6 Å². The van der Waals surface area contributed by atoms with E-state index in [4.69, 9.17) is 4.74 Å². The summed E-state index contributed by atoms with van der Waals surface area (Å²) in [5, 5.41) is 5.51. The van der Waals surface area contributed by atoms with Crippen LogP contribution in [-0.2, 0) is 21.1 Å². The van der Waals surface area contributed by atoms with Crippen LogP contribution in [0.25, 0.3) is 11.1 Å². The molecule has 0 unspecified atom stereocenters. The van der Waals surface area contributed by atoms with Crippen LogP contribution in [0.2, 0.25) is 0 Å². The number of amides is 2. The van der Waals surface area contributed by atoms with Crippen LogP contribution >= 0.6 is 0 Å². The Morgan fingerprint density at radius 3 is 2.35 bits per heavy atom. The fourth-order valence-corrected chi connectivity index (χ4v) is 7.34. The third-order valence-corrected chi connectivity index (χ3v) is 10.4. The van der Waals surface area contributed by atoms with Gasteiger partial charge in [-0.3, -0.25) is 9.59 Å². The molecule has 8 nitrogen and oxygen atoms in total. The molecule has 2 aliphatic rings. The van der Waals surface area contributed by atoms with Crippen molar-refractivity contribution in [1.29, 1.82) is 0 Å². The molecule has 246 valence electrons. The van der Waals surface area contributed by atoms with Crippen molar-refractivity contribution in [1.82, 2.24) is 10.2 Å². The topological polar surface area (TPSA) is 105 Å². The number of nitrogens with one attached hydrogen (secondary N) is 2. The van der Waals surface area contributed by atoms with Crippen molar-refractivity contribution < 1.29 is 40.3 Å². The Morgan fingerprint density at radius 2 is 1.70 bits per heavy atom. The molecule has 0 aromatic heterocycles. The number of halogens is 4. The van der Waals surface area contributed by atoms with Gasteiger partial charge in [0.25, 0.3) is 15.7 Å². The van der Waals surface area contributed by atoms with Crippen LogP contribution in [0.4, 0.5) is 23.2 Å². The van der Waals surface area contributed by atoms with Gasteiger partial charge in [-0.15, -0.1) is 0 Å². The van der Waals surface area contributed by atoms with E-state index < -0.39 is 49.8 Å². The number of carbonyl (C=O) groups excluding carboxylic acids is 2. The van der Waals surface area contributed by atoms with E-state index in [1.165, 1.54) is 19.2 Å². The Balaban J connectivity index is 1.36. The average Bonchev–Trinajstić information content (AvgIpc) is 3.62. The lowest BCUT2D eigenvalue weighted by Gasteiger charge is -2.31. The van der Waals surface area contributed by atoms with Gasteiger partial charge < -0.3 is 20.3 Å². The first-order chi connectivity index (χ1) is 21.7. The normalized spacial score (nSPS) is 21.0. The summed E-state index contributed by atoms with van der Waals surface area (Å²) < 4.78 is 83.6. The van der Waals surface area contributed by atoms with Crippen LogP contribution < -0.4 is 15.4 Å². The lowest BCUT2D eigenvalue weighted by molar-refractivity contribution is -0.122. The minimum atomic E-state index is -5.61. The molecule has 13 heteroatoms. The summed E-state index contributed by atoms with van der Waals surface area (Å²) in [6.07, 6.45) is 2.98. The zero-order valence-corrected chi connectivity index (χ0v) is 26.3. The van der Waals surface area contributed by atoms with Crippen molar-refractivity contribution in [3.05, 3.63) is 77.6 Å². The predicted molar refractivity (Wildman–Crippen MR) is 165 cm³/mol. The highest BCUT2D eigenvalue weighted by Crippen LogP contribution is 2.49. The van der Waals surface area contributed by atoms with E-state index >= 15 is 4.39 Å². The van der Waals surface area contributed by atoms with Gasteiger partial charge in [0.15, 0.2) is 0 Å². The monoisotopic (exact) mass is 661 g/mol. The van der Waals surface area contributed by atoms with Gasteiger partial charge in [0, 0.05) is 29.9 Å². The van der Waals surface area contributed by atoms with Crippen LogP contribution in [0, 0.1) is 23.6 Å². The molecule has 4 atom stereocenters. The van der Waals surface area contributed by atoms with Crippen molar-refractivity contribution in [2.75, 3.05) is 33.1 Å². The maximum atomic E-state index is 15.2. The van der Waals surface area contributed by atoms with Crippen LogP contribution in [0.5, 0.6) is 5.75 Å². The number of alkyl halides is 3. The largest absolute Gasteiger partial charge is 0.501 e. The summed E-state index contributed by atoms with van der Waals surface area (Å²) in [6.45, 7) is 0.856. The van der Waals surface area contributed by atoms with Gasteiger partial charge in [-0.05, 0) is 87.0 Å². The van der Waals surface area contributed by atoms with Gasteiger partial charge in [0.2, 0.25) is 5.91 Å². The summed E-state index contributed by atoms with van der Waals surface area (Å²) in [5.41, 5.74) is -3.65. The highest BCUT2D eigenvalue weighted by Gasteiger charge is 2.52. The zero-order valence-electron chi connectivity index (χ0n) is 25.5. The van der Waals surface area contributed by atoms with Crippen LogP contribution in [0.15, 0.2) is 65.6 Å². The molecule has 5 rings (SSSR count). The molecule has 0 spiro atoms. The standard InChI is InChI=1S/C33H35F4N3O5S/c1-40(2)14-13-19-7-9-20(10-8-19)25-17-26(28(45-3)18-27(25)34)31(41)39-30-22-12-11-21(15-22)29(30)32(42)38-23-5-4-6-24(16-23)46(43,44)33(35,36)37/h4-10,16-18,21-22,29-30H,11-15H2,1-3H3,(H,38,42)(H,39,41)/t21-,22+,29+,30-/m1/s1. The molecular weight excluding hydrogens is 626 g/mol. The highest BCUT2D eigenvalue weighted by atomic mass is 32.2. The quantitative estimate of drug-likeness (QED) is 0.271. The van der Waals surface area contributed by atoms with Crippen molar-refractivity contribution >= 4 is 27.3 Å². The summed E-state index contributed by atoms with van der Waals surface area (Å²) >= 11 is 0. The van der Waals surface area contributed by atoms with E-state index in [-0.39, 0.29) is 34.4 Å². The molecular formula is C33H35F4N3O5S. The number of sulfone groups is 1. The number of fused-ring (bicyclic) bond motifs is 2. The van der Waals surface area contributed by atoms with E-state index in [0.29, 0.717) is 12.0 Å². The van der Waals surface area contributed by atoms with E-state index in [1.54, 1.807) is 12.1 Å². The number of hydrogen-bond donors (Lipinski definition) is 2. The summed E-state index contributed by atoms with van der Waals surface area (Å²) in [7, 11) is -0.324. The molecule has 0 radical (unpaired) electrons. The second-order valence-electron chi connectivity index (χ2n) is 12.1. The predicted octanol–water partition coefficient (Wildman–Crippen LogP) is 5.68.